The van der Waals surface area contributed by atoms with Crippen molar-refractivity contribution in [1.29, 1.82) is 0 Å². The Morgan fingerprint density at radius 3 is 2.60 bits per heavy atom. The third kappa shape index (κ3) is 3.31. The fourth-order valence-electron chi connectivity index (χ4n) is 2.16. The van der Waals surface area contributed by atoms with Gasteiger partial charge in [-0.1, -0.05) is 18.5 Å². The molecule has 1 fully saturated rings. The largest absolute Gasteiger partial charge is 0.341 e. The summed E-state index contributed by atoms with van der Waals surface area (Å²) in [5.41, 5.74) is 0.272. The van der Waals surface area contributed by atoms with Gasteiger partial charge in [0.2, 0.25) is 10.0 Å². The Kier molecular flexibility index (Phi) is 4.09. The zero-order valence-corrected chi connectivity index (χ0v) is 12.9. The van der Waals surface area contributed by atoms with Crippen LogP contribution >= 0.6 is 11.6 Å². The second-order valence-electron chi connectivity index (χ2n) is 5.35. The van der Waals surface area contributed by atoms with Crippen molar-refractivity contribution in [3.8, 4) is 0 Å². The fourth-order valence-corrected chi connectivity index (χ4v) is 3.23. The Labute approximate surface area is 123 Å². The highest BCUT2D eigenvalue weighted by atomic mass is 35.5. The number of nitrogens with two attached hydrogens (primary N) is 1. The highest BCUT2D eigenvalue weighted by Gasteiger charge is 2.34. The van der Waals surface area contributed by atoms with Crippen molar-refractivity contribution in [1.82, 2.24) is 4.90 Å². The first-order valence-corrected chi connectivity index (χ1v) is 8.20. The van der Waals surface area contributed by atoms with Gasteiger partial charge in [0.05, 0.1) is 5.02 Å². The Morgan fingerprint density at radius 1 is 1.50 bits per heavy atom. The first-order chi connectivity index (χ1) is 9.20. The molecule has 2 N–H and O–H groups in total. The van der Waals surface area contributed by atoms with Gasteiger partial charge in [-0.15, -0.1) is 0 Å². The minimum absolute atomic E-state index is 0.0162. The van der Waals surface area contributed by atoms with Crippen molar-refractivity contribution in [3.63, 3.8) is 0 Å². The minimum atomic E-state index is -3.94. The molecule has 0 bridgehead atoms. The fraction of sp³-hybridized carbons (Fsp3) is 0.462. The summed E-state index contributed by atoms with van der Waals surface area (Å²) in [7, 11) is -2.23. The molecule has 7 heteroatoms. The smallest absolute Gasteiger partial charge is 0.253 e. The molecule has 1 amide bonds. The van der Waals surface area contributed by atoms with Crippen LogP contribution in [-0.4, -0.2) is 32.8 Å². The number of benzene rings is 1. The molecule has 0 saturated heterocycles. The van der Waals surface area contributed by atoms with Crippen LogP contribution in [0.3, 0.4) is 0 Å². The predicted molar refractivity (Wildman–Crippen MR) is 77.1 cm³/mol. The number of nitrogens with zero attached hydrogens (tertiary/aromatic N) is 1. The van der Waals surface area contributed by atoms with Crippen LogP contribution in [0.2, 0.25) is 5.02 Å². The molecular weight excluding hydrogens is 300 g/mol. The lowest BCUT2D eigenvalue weighted by Crippen LogP contribution is -2.29. The average molecular weight is 317 g/mol. The number of halogens is 1. The van der Waals surface area contributed by atoms with E-state index in [0.717, 1.165) is 6.42 Å². The van der Waals surface area contributed by atoms with Gasteiger partial charge in [0, 0.05) is 19.2 Å². The van der Waals surface area contributed by atoms with Crippen LogP contribution in [0.5, 0.6) is 0 Å². The molecule has 1 aromatic carbocycles. The number of amides is 1. The van der Waals surface area contributed by atoms with E-state index in [2.05, 4.69) is 6.92 Å². The Hall–Kier alpha value is -1.11. The summed E-state index contributed by atoms with van der Waals surface area (Å²) in [4.78, 5) is 13.6. The summed E-state index contributed by atoms with van der Waals surface area (Å²) in [5, 5.41) is 5.09. The number of carbonyl (C=O) groups excluding carboxylic acids is 1. The van der Waals surface area contributed by atoms with Crippen LogP contribution in [0.1, 0.15) is 23.7 Å². The van der Waals surface area contributed by atoms with Crippen LogP contribution < -0.4 is 5.14 Å². The van der Waals surface area contributed by atoms with Crippen molar-refractivity contribution >= 4 is 27.5 Å². The van der Waals surface area contributed by atoms with E-state index in [-0.39, 0.29) is 21.4 Å². The van der Waals surface area contributed by atoms with Crippen LogP contribution in [0.4, 0.5) is 0 Å². The summed E-state index contributed by atoms with van der Waals surface area (Å²) in [6.45, 7) is 2.82. The lowest BCUT2D eigenvalue weighted by Gasteiger charge is -2.17. The molecule has 0 radical (unpaired) electrons. The summed E-state index contributed by atoms with van der Waals surface area (Å²) < 4.78 is 22.8. The number of rotatable bonds is 4. The quantitative estimate of drug-likeness (QED) is 0.918. The third-order valence-corrected chi connectivity index (χ3v) is 5.01. The summed E-state index contributed by atoms with van der Waals surface area (Å²) in [6.07, 6.45) is 1.13. The molecular formula is C13H17ClN2O3S. The van der Waals surface area contributed by atoms with Crippen molar-refractivity contribution in [3.05, 3.63) is 28.8 Å². The molecule has 2 atom stereocenters. The van der Waals surface area contributed by atoms with E-state index in [0.29, 0.717) is 18.4 Å². The van der Waals surface area contributed by atoms with Crippen LogP contribution in [0.15, 0.2) is 23.1 Å². The van der Waals surface area contributed by atoms with Crippen molar-refractivity contribution in [2.45, 2.75) is 18.2 Å². The number of hydrogen-bond acceptors (Lipinski definition) is 3. The maximum absolute atomic E-state index is 12.3. The Morgan fingerprint density at radius 2 is 2.10 bits per heavy atom. The monoisotopic (exact) mass is 316 g/mol. The first kappa shape index (κ1) is 15.3. The lowest BCUT2D eigenvalue weighted by molar-refractivity contribution is 0.0787. The van der Waals surface area contributed by atoms with Crippen LogP contribution in [0.25, 0.3) is 0 Å². The third-order valence-electron chi connectivity index (χ3n) is 3.62. The molecule has 1 aromatic rings. The van der Waals surface area contributed by atoms with Crippen LogP contribution in [0, 0.1) is 11.8 Å². The second kappa shape index (κ2) is 5.35. The Balaban J connectivity index is 2.22. The van der Waals surface area contributed by atoms with Crippen molar-refractivity contribution < 1.29 is 13.2 Å². The summed E-state index contributed by atoms with van der Waals surface area (Å²) >= 11 is 5.79. The molecule has 2 rings (SSSR count). The van der Waals surface area contributed by atoms with Gasteiger partial charge < -0.3 is 4.90 Å². The molecule has 0 aliphatic heterocycles. The first-order valence-electron chi connectivity index (χ1n) is 6.28. The zero-order chi connectivity index (χ0) is 15.1. The van der Waals surface area contributed by atoms with E-state index in [4.69, 9.17) is 16.7 Å². The van der Waals surface area contributed by atoms with E-state index in [9.17, 15) is 13.2 Å². The standard InChI is InChI=1S/C13H17ClN2O3S/c1-8-5-10(8)7-16(2)13(17)9-3-4-11(14)12(6-9)20(15,18)19/h3-4,6,8,10H,5,7H2,1-2H3,(H2,15,18,19). The molecule has 0 aromatic heterocycles. The highest BCUT2D eigenvalue weighted by Crippen LogP contribution is 2.38. The molecule has 20 heavy (non-hydrogen) atoms. The van der Waals surface area contributed by atoms with E-state index in [1.165, 1.54) is 18.2 Å². The Bertz CT molecular complexity index is 645. The second-order valence-corrected chi connectivity index (χ2v) is 7.29. The van der Waals surface area contributed by atoms with Gasteiger partial charge in [-0.25, -0.2) is 13.6 Å². The summed E-state index contributed by atoms with van der Waals surface area (Å²) in [5.74, 6) is 0.954. The number of hydrogen-bond donors (Lipinski definition) is 1. The molecule has 1 aliphatic rings. The average Bonchev–Trinajstić information content (AvgIpc) is 3.03. The number of sulfonamides is 1. The molecule has 0 heterocycles. The lowest BCUT2D eigenvalue weighted by atomic mass is 10.2. The van der Waals surface area contributed by atoms with Crippen molar-refractivity contribution in [2.75, 3.05) is 13.6 Å². The molecule has 0 spiro atoms. The maximum atomic E-state index is 12.3. The maximum Gasteiger partial charge on any atom is 0.253 e. The molecule has 1 saturated carbocycles. The molecule has 5 nitrogen and oxygen atoms in total. The van der Waals surface area contributed by atoms with Gasteiger partial charge in [-0.2, -0.15) is 0 Å². The van der Waals surface area contributed by atoms with E-state index >= 15 is 0 Å². The predicted octanol–water partition coefficient (Wildman–Crippen LogP) is 1.72. The zero-order valence-electron chi connectivity index (χ0n) is 11.3. The number of primary sulfonamides is 1. The molecule has 1 aliphatic carbocycles. The normalized spacial score (nSPS) is 21.6. The molecule has 2 unspecified atom stereocenters. The summed E-state index contributed by atoms with van der Waals surface area (Å²) in [6, 6.07) is 4.11. The SMILES string of the molecule is CC1CC1CN(C)C(=O)c1ccc(Cl)c(S(N)(=O)=O)c1. The molecule has 110 valence electrons. The van der Waals surface area contributed by atoms with Crippen molar-refractivity contribution in [2.24, 2.45) is 17.0 Å². The van der Waals surface area contributed by atoms with E-state index in [1.807, 2.05) is 0 Å². The van der Waals surface area contributed by atoms with Gasteiger partial charge in [0.15, 0.2) is 0 Å². The van der Waals surface area contributed by atoms with Gasteiger partial charge in [-0.3, -0.25) is 4.79 Å². The minimum Gasteiger partial charge on any atom is -0.341 e. The van der Waals surface area contributed by atoms with E-state index < -0.39 is 10.0 Å². The number of carbonyl (C=O) groups is 1. The van der Waals surface area contributed by atoms with Gasteiger partial charge in [0.25, 0.3) is 5.91 Å². The van der Waals surface area contributed by atoms with Gasteiger partial charge >= 0.3 is 0 Å². The topological polar surface area (TPSA) is 80.5 Å². The van der Waals surface area contributed by atoms with Gasteiger partial charge in [0.1, 0.15) is 4.90 Å². The van der Waals surface area contributed by atoms with Crippen LogP contribution in [-0.2, 0) is 10.0 Å². The highest BCUT2D eigenvalue weighted by molar-refractivity contribution is 7.89. The van der Waals surface area contributed by atoms with Gasteiger partial charge in [-0.05, 0) is 36.5 Å². The van der Waals surface area contributed by atoms with E-state index in [1.54, 1.807) is 11.9 Å².